The van der Waals surface area contributed by atoms with Gasteiger partial charge >= 0.3 is 0 Å². The first-order valence-corrected chi connectivity index (χ1v) is 9.39. The predicted octanol–water partition coefficient (Wildman–Crippen LogP) is 4.19. The highest BCUT2D eigenvalue weighted by Crippen LogP contribution is 2.34. The Balaban J connectivity index is 2.83. The summed E-state index contributed by atoms with van der Waals surface area (Å²) in [4.78, 5) is 12.7. The fourth-order valence-corrected chi connectivity index (χ4v) is 3.65. The lowest BCUT2D eigenvalue weighted by Gasteiger charge is -2.34. The van der Waals surface area contributed by atoms with Gasteiger partial charge in [-0.05, 0) is 31.0 Å². The van der Waals surface area contributed by atoms with Crippen LogP contribution in [0, 0.1) is 0 Å². The smallest absolute Gasteiger partial charge is 0.235 e. The van der Waals surface area contributed by atoms with Crippen LogP contribution in [0.5, 0.6) is 11.5 Å². The summed E-state index contributed by atoms with van der Waals surface area (Å²) < 4.78 is 5.06. The van der Waals surface area contributed by atoms with Gasteiger partial charge in [-0.3, -0.25) is 4.79 Å². The standard InChI is InChI=1S/C17H26ClNO3S/c1-4-6-9-17(5-2,19-16(21)11-18)12-23-13-7-8-15(22-3)14(20)10-13/h7-8,10,20H,4-6,9,11-12H2,1-3H3,(H,19,21)/t17-/m1/s1. The maximum absolute atomic E-state index is 11.8. The minimum absolute atomic E-state index is 0.0259. The number of thioether (sulfide) groups is 1. The maximum Gasteiger partial charge on any atom is 0.235 e. The van der Waals surface area contributed by atoms with Gasteiger partial charge in [0.1, 0.15) is 5.88 Å². The average molecular weight is 360 g/mol. The second-order valence-corrected chi connectivity index (χ2v) is 6.86. The number of unbranched alkanes of at least 4 members (excludes halogenated alkanes) is 1. The third-order valence-corrected chi connectivity index (χ3v) is 5.40. The van der Waals surface area contributed by atoms with E-state index in [-0.39, 0.29) is 23.1 Å². The van der Waals surface area contributed by atoms with Gasteiger partial charge in [-0.25, -0.2) is 0 Å². The number of hydrogen-bond donors (Lipinski definition) is 2. The number of hydrogen-bond acceptors (Lipinski definition) is 4. The van der Waals surface area contributed by atoms with Gasteiger partial charge in [-0.1, -0.05) is 26.7 Å². The van der Waals surface area contributed by atoms with Crippen molar-refractivity contribution in [3.8, 4) is 11.5 Å². The Labute approximate surface area is 147 Å². The molecule has 0 aliphatic carbocycles. The summed E-state index contributed by atoms with van der Waals surface area (Å²) in [6.45, 7) is 4.22. The molecule has 0 aliphatic rings. The summed E-state index contributed by atoms with van der Waals surface area (Å²) in [5, 5.41) is 13.0. The quantitative estimate of drug-likeness (QED) is 0.486. The summed E-state index contributed by atoms with van der Waals surface area (Å²) in [6, 6.07) is 5.34. The van der Waals surface area contributed by atoms with Gasteiger partial charge in [-0.15, -0.1) is 23.4 Å². The van der Waals surface area contributed by atoms with E-state index >= 15 is 0 Å². The molecule has 0 fully saturated rings. The van der Waals surface area contributed by atoms with Crippen LogP contribution in [-0.4, -0.2) is 35.3 Å². The van der Waals surface area contributed by atoms with Crippen LogP contribution in [0.25, 0.3) is 0 Å². The first-order chi connectivity index (χ1) is 11.0. The molecule has 0 spiro atoms. The molecule has 1 aromatic carbocycles. The fraction of sp³-hybridized carbons (Fsp3) is 0.588. The summed E-state index contributed by atoms with van der Waals surface area (Å²) in [5.74, 6) is 1.15. The van der Waals surface area contributed by atoms with Crippen LogP contribution in [0.2, 0.25) is 0 Å². The third-order valence-electron chi connectivity index (χ3n) is 3.88. The van der Waals surface area contributed by atoms with Crippen molar-refractivity contribution >= 4 is 29.3 Å². The van der Waals surface area contributed by atoms with Crippen LogP contribution in [-0.2, 0) is 4.79 Å². The van der Waals surface area contributed by atoms with Crippen LogP contribution in [0.15, 0.2) is 23.1 Å². The normalized spacial score (nSPS) is 13.4. The Kier molecular flexibility index (Phi) is 8.63. The van der Waals surface area contributed by atoms with E-state index < -0.39 is 0 Å². The van der Waals surface area contributed by atoms with E-state index in [1.54, 1.807) is 23.9 Å². The molecule has 0 aromatic heterocycles. The number of phenols is 1. The van der Waals surface area contributed by atoms with Crippen molar-refractivity contribution in [2.45, 2.75) is 50.0 Å². The molecule has 1 atom stereocenters. The zero-order valence-electron chi connectivity index (χ0n) is 14.0. The van der Waals surface area contributed by atoms with Gasteiger partial charge in [-0.2, -0.15) is 0 Å². The lowest BCUT2D eigenvalue weighted by atomic mass is 9.91. The second kappa shape index (κ2) is 9.93. The number of phenolic OH excluding ortho intramolecular Hbond substituents is 1. The number of benzene rings is 1. The van der Waals surface area contributed by atoms with Crippen molar-refractivity contribution in [3.63, 3.8) is 0 Å². The third kappa shape index (κ3) is 6.15. The van der Waals surface area contributed by atoms with Crippen LogP contribution in [0.4, 0.5) is 0 Å². The van der Waals surface area contributed by atoms with Gasteiger partial charge < -0.3 is 15.2 Å². The molecule has 23 heavy (non-hydrogen) atoms. The number of aromatic hydroxyl groups is 1. The van der Waals surface area contributed by atoms with Gasteiger partial charge in [0.05, 0.1) is 7.11 Å². The van der Waals surface area contributed by atoms with Gasteiger partial charge in [0.15, 0.2) is 11.5 Å². The second-order valence-electron chi connectivity index (χ2n) is 5.54. The minimum Gasteiger partial charge on any atom is -0.504 e. The zero-order chi connectivity index (χ0) is 17.3. The van der Waals surface area contributed by atoms with Crippen molar-refractivity contribution in [2.24, 2.45) is 0 Å². The highest BCUT2D eigenvalue weighted by molar-refractivity contribution is 7.99. The van der Waals surface area contributed by atoms with Crippen molar-refractivity contribution in [3.05, 3.63) is 18.2 Å². The fourth-order valence-electron chi connectivity index (χ4n) is 2.36. The Bertz CT molecular complexity index is 513. The van der Waals surface area contributed by atoms with E-state index in [1.165, 1.54) is 7.11 Å². The van der Waals surface area contributed by atoms with E-state index in [1.807, 2.05) is 6.07 Å². The molecule has 6 heteroatoms. The minimum atomic E-state index is -0.276. The van der Waals surface area contributed by atoms with Crippen molar-refractivity contribution in [2.75, 3.05) is 18.7 Å². The highest BCUT2D eigenvalue weighted by atomic mass is 35.5. The number of rotatable bonds is 10. The summed E-state index contributed by atoms with van der Waals surface area (Å²) in [7, 11) is 1.52. The van der Waals surface area contributed by atoms with E-state index in [0.29, 0.717) is 5.75 Å². The van der Waals surface area contributed by atoms with Crippen LogP contribution >= 0.6 is 23.4 Å². The largest absolute Gasteiger partial charge is 0.504 e. The number of nitrogens with one attached hydrogen (secondary N) is 1. The number of alkyl halides is 1. The summed E-state index contributed by atoms with van der Waals surface area (Å²) in [6.07, 6.45) is 3.87. The summed E-state index contributed by atoms with van der Waals surface area (Å²) in [5.41, 5.74) is -0.276. The topological polar surface area (TPSA) is 58.6 Å². The monoisotopic (exact) mass is 359 g/mol. The zero-order valence-corrected chi connectivity index (χ0v) is 15.6. The molecule has 0 saturated heterocycles. The number of ether oxygens (including phenoxy) is 1. The molecule has 130 valence electrons. The van der Waals surface area contributed by atoms with E-state index in [2.05, 4.69) is 19.2 Å². The van der Waals surface area contributed by atoms with E-state index in [0.717, 1.165) is 36.3 Å². The molecule has 0 unspecified atom stereocenters. The van der Waals surface area contributed by atoms with E-state index in [4.69, 9.17) is 16.3 Å². The van der Waals surface area contributed by atoms with Gasteiger partial charge in [0.2, 0.25) is 5.91 Å². The molecule has 1 aromatic rings. The molecule has 0 aliphatic heterocycles. The molecule has 2 N–H and O–H groups in total. The number of halogens is 1. The van der Waals surface area contributed by atoms with Crippen molar-refractivity contribution < 1.29 is 14.6 Å². The Morgan fingerprint density at radius 3 is 2.70 bits per heavy atom. The predicted molar refractivity (Wildman–Crippen MR) is 96.8 cm³/mol. The molecule has 4 nitrogen and oxygen atoms in total. The van der Waals surface area contributed by atoms with Crippen LogP contribution in [0.1, 0.15) is 39.5 Å². The molecular weight excluding hydrogens is 334 g/mol. The maximum atomic E-state index is 11.8. The summed E-state index contributed by atoms with van der Waals surface area (Å²) >= 11 is 7.27. The first-order valence-electron chi connectivity index (χ1n) is 7.87. The van der Waals surface area contributed by atoms with Crippen LogP contribution < -0.4 is 10.1 Å². The SMILES string of the molecule is CCCC[C@](CC)(CSc1ccc(OC)c(O)c1)NC(=O)CCl. The Hall–Kier alpha value is -1.07. The Morgan fingerprint density at radius 1 is 1.43 bits per heavy atom. The number of amides is 1. The highest BCUT2D eigenvalue weighted by Gasteiger charge is 2.29. The van der Waals surface area contributed by atoms with E-state index in [9.17, 15) is 9.90 Å². The lowest BCUT2D eigenvalue weighted by Crippen LogP contribution is -2.50. The number of carbonyl (C=O) groups excluding carboxylic acids is 1. The Morgan fingerprint density at radius 2 is 2.17 bits per heavy atom. The van der Waals surface area contributed by atoms with Gasteiger partial charge in [0.25, 0.3) is 0 Å². The van der Waals surface area contributed by atoms with Crippen molar-refractivity contribution in [1.29, 1.82) is 0 Å². The van der Waals surface area contributed by atoms with Crippen molar-refractivity contribution in [1.82, 2.24) is 5.32 Å². The molecular formula is C17H26ClNO3S. The van der Waals surface area contributed by atoms with Gasteiger partial charge in [0, 0.05) is 16.2 Å². The van der Waals surface area contributed by atoms with Crippen LogP contribution in [0.3, 0.4) is 0 Å². The number of methoxy groups -OCH3 is 1. The first kappa shape index (κ1) is 20.0. The molecule has 0 radical (unpaired) electrons. The molecule has 0 saturated carbocycles. The molecule has 0 bridgehead atoms. The molecule has 1 rings (SSSR count). The molecule has 0 heterocycles. The lowest BCUT2D eigenvalue weighted by molar-refractivity contribution is -0.120. The average Bonchev–Trinajstić information content (AvgIpc) is 2.57. The molecule has 1 amide bonds. The number of carbonyl (C=O) groups is 1.